The molecule has 0 radical (unpaired) electrons. The summed E-state index contributed by atoms with van der Waals surface area (Å²) in [5.74, 6) is -0.361. The molecule has 0 saturated carbocycles. The average Bonchev–Trinajstić information content (AvgIpc) is 2.66. The molecule has 2 aromatic heterocycles. The number of rotatable bonds is 2. The highest BCUT2D eigenvalue weighted by molar-refractivity contribution is 5.75. The van der Waals surface area contributed by atoms with Gasteiger partial charge in [0.05, 0.1) is 17.6 Å². The molecule has 0 aliphatic carbocycles. The molecule has 0 unspecified atom stereocenters. The summed E-state index contributed by atoms with van der Waals surface area (Å²) in [6.45, 7) is 0.437. The first kappa shape index (κ1) is 10.7. The third-order valence-electron chi connectivity index (χ3n) is 2.83. The van der Waals surface area contributed by atoms with E-state index >= 15 is 0 Å². The van der Waals surface area contributed by atoms with Gasteiger partial charge in [0.2, 0.25) is 0 Å². The van der Waals surface area contributed by atoms with Crippen molar-refractivity contribution in [3.63, 3.8) is 0 Å². The second-order valence-corrected chi connectivity index (χ2v) is 4.03. The average molecular weight is 243 g/mol. The number of fused-ring (bicyclic) bond motifs is 1. The second kappa shape index (κ2) is 4.10. The van der Waals surface area contributed by atoms with Gasteiger partial charge in [-0.1, -0.05) is 0 Å². The van der Waals surface area contributed by atoms with Crippen molar-refractivity contribution in [3.05, 3.63) is 64.6 Å². The van der Waals surface area contributed by atoms with Crippen molar-refractivity contribution < 1.29 is 4.39 Å². The number of halogens is 1. The second-order valence-electron chi connectivity index (χ2n) is 4.03. The zero-order chi connectivity index (χ0) is 12.5. The molecule has 0 aliphatic heterocycles. The van der Waals surface area contributed by atoms with Gasteiger partial charge in [0, 0.05) is 12.4 Å². The molecule has 18 heavy (non-hydrogen) atoms. The third kappa shape index (κ3) is 1.79. The predicted molar refractivity (Wildman–Crippen MR) is 65.9 cm³/mol. The monoisotopic (exact) mass is 243 g/mol. The van der Waals surface area contributed by atoms with E-state index in [1.807, 2.05) is 12.1 Å². The van der Waals surface area contributed by atoms with Crippen LogP contribution in [-0.2, 0) is 6.54 Å². The summed E-state index contributed by atoms with van der Waals surface area (Å²) in [6.07, 6.45) is 3.35. The Bertz CT molecular complexity index is 746. The zero-order valence-electron chi connectivity index (χ0n) is 9.43. The van der Waals surface area contributed by atoms with Gasteiger partial charge in [-0.05, 0) is 35.9 Å². The van der Waals surface area contributed by atoms with Gasteiger partial charge in [-0.15, -0.1) is 0 Å². The molecule has 90 valence electrons. The zero-order valence-corrected chi connectivity index (χ0v) is 9.43. The molecule has 1 N–H and O–H groups in total. The summed E-state index contributed by atoms with van der Waals surface area (Å²) < 4.78 is 14.6. The van der Waals surface area contributed by atoms with Crippen molar-refractivity contribution in [2.75, 3.05) is 0 Å². The van der Waals surface area contributed by atoms with Gasteiger partial charge in [-0.3, -0.25) is 9.55 Å². The number of hydrogen-bond acceptors (Lipinski definition) is 2. The number of hydrogen-bond donors (Lipinski definition) is 1. The first-order valence-corrected chi connectivity index (χ1v) is 5.51. The van der Waals surface area contributed by atoms with Crippen LogP contribution in [0.1, 0.15) is 5.56 Å². The molecule has 3 aromatic rings. The standard InChI is InChI=1S/C13H10FN3O/c14-10-1-2-12-11(7-10)16-13(18)17(12)8-9-3-5-15-6-4-9/h1-7H,8H2,(H,16,18). The SMILES string of the molecule is O=c1[nH]c2cc(F)ccc2n1Cc1ccncc1. The van der Waals surface area contributed by atoms with E-state index in [9.17, 15) is 9.18 Å². The highest BCUT2D eigenvalue weighted by atomic mass is 19.1. The van der Waals surface area contributed by atoms with Crippen LogP contribution in [0.3, 0.4) is 0 Å². The van der Waals surface area contributed by atoms with Crippen molar-refractivity contribution in [1.29, 1.82) is 0 Å². The van der Waals surface area contributed by atoms with Crippen LogP contribution in [0.5, 0.6) is 0 Å². The van der Waals surface area contributed by atoms with E-state index in [0.717, 1.165) is 5.56 Å². The van der Waals surface area contributed by atoms with Crippen LogP contribution in [0.4, 0.5) is 4.39 Å². The molecule has 0 bridgehead atoms. The minimum Gasteiger partial charge on any atom is -0.305 e. The minimum absolute atomic E-state index is 0.243. The first-order chi connectivity index (χ1) is 8.74. The fraction of sp³-hybridized carbons (Fsp3) is 0.0769. The van der Waals surface area contributed by atoms with Crippen LogP contribution < -0.4 is 5.69 Å². The summed E-state index contributed by atoms with van der Waals surface area (Å²) >= 11 is 0. The molecule has 5 heteroatoms. The van der Waals surface area contributed by atoms with E-state index in [0.29, 0.717) is 17.6 Å². The van der Waals surface area contributed by atoms with Gasteiger partial charge in [0.25, 0.3) is 0 Å². The Kier molecular flexibility index (Phi) is 2.44. The normalized spacial score (nSPS) is 10.9. The number of imidazole rings is 1. The third-order valence-corrected chi connectivity index (χ3v) is 2.83. The number of nitrogens with one attached hydrogen (secondary N) is 1. The summed E-state index contributed by atoms with van der Waals surface area (Å²) in [5.41, 5.74) is 1.93. The predicted octanol–water partition coefficient (Wildman–Crippen LogP) is 1.91. The number of benzene rings is 1. The number of nitrogens with zero attached hydrogens (tertiary/aromatic N) is 2. The van der Waals surface area contributed by atoms with Crippen molar-refractivity contribution >= 4 is 11.0 Å². The largest absolute Gasteiger partial charge is 0.326 e. The van der Waals surface area contributed by atoms with Crippen LogP contribution >= 0.6 is 0 Å². The highest BCUT2D eigenvalue weighted by Crippen LogP contribution is 2.13. The summed E-state index contributed by atoms with van der Waals surface area (Å²) in [7, 11) is 0. The molecule has 0 saturated heterocycles. The number of H-pyrrole nitrogens is 1. The maximum atomic E-state index is 13.1. The van der Waals surface area contributed by atoms with E-state index in [2.05, 4.69) is 9.97 Å². The molecule has 0 atom stereocenters. The van der Waals surface area contributed by atoms with Crippen LogP contribution in [0.15, 0.2) is 47.5 Å². The number of aromatic amines is 1. The van der Waals surface area contributed by atoms with Crippen LogP contribution in [0.2, 0.25) is 0 Å². The minimum atomic E-state index is -0.361. The van der Waals surface area contributed by atoms with Crippen molar-refractivity contribution in [1.82, 2.24) is 14.5 Å². The van der Waals surface area contributed by atoms with Gasteiger partial charge in [-0.2, -0.15) is 0 Å². The van der Waals surface area contributed by atoms with Gasteiger partial charge >= 0.3 is 5.69 Å². The van der Waals surface area contributed by atoms with E-state index < -0.39 is 0 Å². The van der Waals surface area contributed by atoms with Crippen LogP contribution in [0.25, 0.3) is 11.0 Å². The maximum Gasteiger partial charge on any atom is 0.326 e. The fourth-order valence-corrected chi connectivity index (χ4v) is 1.96. The van der Waals surface area contributed by atoms with Gasteiger partial charge in [0.15, 0.2) is 0 Å². The Morgan fingerprint density at radius 2 is 2.00 bits per heavy atom. The van der Waals surface area contributed by atoms with E-state index in [-0.39, 0.29) is 11.5 Å². The quantitative estimate of drug-likeness (QED) is 0.747. The Balaban J connectivity index is 2.12. The van der Waals surface area contributed by atoms with Gasteiger partial charge < -0.3 is 4.98 Å². The molecule has 2 heterocycles. The van der Waals surface area contributed by atoms with Crippen molar-refractivity contribution in [2.45, 2.75) is 6.54 Å². The van der Waals surface area contributed by atoms with E-state index in [4.69, 9.17) is 0 Å². The lowest BCUT2D eigenvalue weighted by Crippen LogP contribution is -2.17. The smallest absolute Gasteiger partial charge is 0.305 e. The van der Waals surface area contributed by atoms with E-state index in [1.54, 1.807) is 23.0 Å². The Labute approximate surface area is 102 Å². The highest BCUT2D eigenvalue weighted by Gasteiger charge is 2.07. The molecular formula is C13H10FN3O. The summed E-state index contributed by atoms with van der Waals surface area (Å²) in [5, 5.41) is 0. The van der Waals surface area contributed by atoms with Crippen LogP contribution in [0, 0.1) is 5.82 Å². The molecule has 4 nitrogen and oxygen atoms in total. The molecule has 0 amide bonds. The summed E-state index contributed by atoms with van der Waals surface area (Å²) in [4.78, 5) is 18.4. The molecular weight excluding hydrogens is 233 g/mol. The Morgan fingerprint density at radius 3 is 2.78 bits per heavy atom. The molecule has 0 fully saturated rings. The van der Waals surface area contributed by atoms with Gasteiger partial charge in [-0.25, -0.2) is 9.18 Å². The lowest BCUT2D eigenvalue weighted by molar-refractivity contribution is 0.629. The lowest BCUT2D eigenvalue weighted by atomic mass is 10.2. The molecule has 1 aromatic carbocycles. The van der Waals surface area contributed by atoms with E-state index in [1.165, 1.54) is 12.1 Å². The number of aromatic nitrogens is 3. The fourth-order valence-electron chi connectivity index (χ4n) is 1.96. The van der Waals surface area contributed by atoms with Crippen LogP contribution in [-0.4, -0.2) is 14.5 Å². The molecule has 3 rings (SSSR count). The van der Waals surface area contributed by atoms with Gasteiger partial charge in [0.1, 0.15) is 5.82 Å². The number of pyridine rings is 1. The van der Waals surface area contributed by atoms with Crippen molar-refractivity contribution in [2.24, 2.45) is 0 Å². The Hall–Kier alpha value is -2.43. The topological polar surface area (TPSA) is 50.7 Å². The maximum absolute atomic E-state index is 13.1. The first-order valence-electron chi connectivity index (χ1n) is 5.51. The summed E-state index contributed by atoms with van der Waals surface area (Å²) in [6, 6.07) is 7.95. The Morgan fingerprint density at radius 1 is 1.22 bits per heavy atom. The van der Waals surface area contributed by atoms with Crippen molar-refractivity contribution in [3.8, 4) is 0 Å². The molecule has 0 spiro atoms. The lowest BCUT2D eigenvalue weighted by Gasteiger charge is -2.02. The molecule has 0 aliphatic rings.